The monoisotopic (exact) mass is 700 g/mol. The lowest BCUT2D eigenvalue weighted by atomic mass is 10.1. The maximum Gasteiger partial charge on any atom is 0.392 e. The van der Waals surface area contributed by atoms with E-state index >= 15 is 0 Å². The van der Waals surface area contributed by atoms with Gasteiger partial charge in [-0.05, 0) is 59.6 Å². The third kappa shape index (κ3) is 12.9. The Balaban J connectivity index is 0.000000741. The predicted molar refractivity (Wildman–Crippen MR) is 152 cm³/mol. The maximum absolute atomic E-state index is 12.2. The van der Waals surface area contributed by atoms with Gasteiger partial charge in [-0.15, -0.1) is 0 Å². The van der Waals surface area contributed by atoms with Crippen molar-refractivity contribution in [2.45, 2.75) is 32.7 Å². The number of nitrogens with zero attached hydrogens (tertiary/aromatic N) is 5. The fourth-order valence-corrected chi connectivity index (χ4v) is 4.35. The highest BCUT2D eigenvalue weighted by Gasteiger charge is 2.26. The molecule has 0 spiro atoms. The summed E-state index contributed by atoms with van der Waals surface area (Å²) in [7, 11) is 3.20. The molecule has 0 aromatic heterocycles. The number of hydrazone groups is 1. The summed E-state index contributed by atoms with van der Waals surface area (Å²) in [6.07, 6.45) is -2.33. The molecule has 0 aliphatic heterocycles. The Bertz CT molecular complexity index is 1160. The lowest BCUT2D eigenvalue weighted by molar-refractivity contribution is -0.125. The SMILES string of the molecule is C=NN(/C(C=O)=C\CC(F)(F)F)/C(NC)=C(Cl)/C=C\C.CNc1c(Br)cc(Br)cc1C(=O)NC(C)ON=[N+]=[N-]. The molecule has 0 saturated heterocycles. The first-order valence-corrected chi connectivity index (χ1v) is 12.6. The summed E-state index contributed by atoms with van der Waals surface area (Å²) < 4.78 is 38.1. The lowest BCUT2D eigenvalue weighted by Gasteiger charge is -2.22. The van der Waals surface area contributed by atoms with E-state index in [1.165, 1.54) is 13.1 Å². The second kappa shape index (κ2) is 18.2. The van der Waals surface area contributed by atoms with Crippen molar-refractivity contribution in [2.24, 2.45) is 10.4 Å². The van der Waals surface area contributed by atoms with Gasteiger partial charge in [0, 0.05) is 34.7 Å². The second-order valence-electron chi connectivity index (χ2n) is 6.92. The van der Waals surface area contributed by atoms with Crippen LogP contribution in [0.5, 0.6) is 0 Å². The van der Waals surface area contributed by atoms with Gasteiger partial charge in [-0.3, -0.25) is 9.59 Å². The zero-order valence-corrected chi connectivity index (χ0v) is 25.1. The smallest absolute Gasteiger partial charge is 0.392 e. The predicted octanol–water partition coefficient (Wildman–Crippen LogP) is 6.71. The van der Waals surface area contributed by atoms with Crippen LogP contribution in [0.3, 0.4) is 0 Å². The number of benzene rings is 1. The van der Waals surface area contributed by atoms with E-state index in [-0.39, 0.29) is 28.7 Å². The quantitative estimate of drug-likeness (QED) is 0.0254. The molecule has 0 fully saturated rings. The van der Waals surface area contributed by atoms with Gasteiger partial charge in [0.2, 0.25) is 0 Å². The van der Waals surface area contributed by atoms with Gasteiger partial charge in [-0.25, -0.2) is 5.01 Å². The molecule has 1 unspecified atom stereocenters. The molecular weight excluding hydrogens is 677 g/mol. The molecule has 0 bridgehead atoms. The van der Waals surface area contributed by atoms with Crippen LogP contribution in [-0.2, 0) is 9.63 Å². The van der Waals surface area contributed by atoms with E-state index in [2.05, 4.69) is 74.7 Å². The first-order chi connectivity index (χ1) is 18.3. The minimum atomic E-state index is -4.42. The first-order valence-electron chi connectivity index (χ1n) is 10.7. The highest BCUT2D eigenvalue weighted by Crippen LogP contribution is 2.30. The van der Waals surface area contributed by atoms with E-state index in [1.54, 1.807) is 33.0 Å². The fourth-order valence-electron chi connectivity index (χ4n) is 2.63. The molecule has 1 atom stereocenters. The topological polar surface area (TPSA) is 144 Å². The number of nitrogens with one attached hydrogen (secondary N) is 3. The van der Waals surface area contributed by atoms with Crippen molar-refractivity contribution in [1.29, 1.82) is 0 Å². The molecule has 11 nitrogen and oxygen atoms in total. The molecule has 0 aliphatic carbocycles. The van der Waals surface area contributed by atoms with E-state index < -0.39 is 18.8 Å². The number of carbonyl (C=O) groups is 2. The van der Waals surface area contributed by atoms with Crippen molar-refractivity contribution >= 4 is 68.1 Å². The van der Waals surface area contributed by atoms with Crippen LogP contribution in [-0.4, -0.2) is 50.4 Å². The number of alkyl halides is 3. The van der Waals surface area contributed by atoms with Crippen molar-refractivity contribution in [2.75, 3.05) is 19.4 Å². The van der Waals surface area contributed by atoms with E-state index in [9.17, 15) is 22.8 Å². The lowest BCUT2D eigenvalue weighted by Crippen LogP contribution is -2.33. The van der Waals surface area contributed by atoms with Crippen LogP contribution in [0.4, 0.5) is 18.9 Å². The minimum Gasteiger partial charge on any atom is -0.409 e. The van der Waals surface area contributed by atoms with Gasteiger partial charge >= 0.3 is 6.18 Å². The summed E-state index contributed by atoms with van der Waals surface area (Å²) in [6, 6.07) is 3.49. The zero-order chi connectivity index (χ0) is 30.2. The highest BCUT2D eigenvalue weighted by molar-refractivity contribution is 9.11. The van der Waals surface area contributed by atoms with Crippen LogP contribution in [0, 0.1) is 0 Å². The molecule has 0 saturated carbocycles. The van der Waals surface area contributed by atoms with Crippen LogP contribution in [0.2, 0.25) is 0 Å². The molecule has 3 N–H and O–H groups in total. The van der Waals surface area contributed by atoms with Crippen molar-refractivity contribution in [3.05, 3.63) is 71.9 Å². The average molecular weight is 703 g/mol. The Morgan fingerprint density at radius 3 is 2.46 bits per heavy atom. The second-order valence-corrected chi connectivity index (χ2v) is 9.10. The van der Waals surface area contributed by atoms with Crippen molar-refractivity contribution in [3.63, 3.8) is 0 Å². The summed E-state index contributed by atoms with van der Waals surface area (Å²) in [5, 5.41) is 15.7. The summed E-state index contributed by atoms with van der Waals surface area (Å²) in [5.41, 5.74) is 8.88. The molecule has 214 valence electrons. The molecule has 0 radical (unpaired) electrons. The van der Waals surface area contributed by atoms with Crippen LogP contribution >= 0.6 is 43.5 Å². The number of halogens is 6. The van der Waals surface area contributed by atoms with Gasteiger partial charge in [0.05, 0.1) is 22.7 Å². The van der Waals surface area contributed by atoms with E-state index in [1.807, 2.05) is 6.07 Å². The Labute approximate surface area is 245 Å². The van der Waals surface area contributed by atoms with Crippen LogP contribution in [0.1, 0.15) is 30.6 Å². The van der Waals surface area contributed by atoms with Gasteiger partial charge in [0.15, 0.2) is 12.5 Å². The van der Waals surface area contributed by atoms with Crippen molar-refractivity contribution in [1.82, 2.24) is 15.6 Å². The summed E-state index contributed by atoms with van der Waals surface area (Å²) in [5.74, 6) is -0.215. The number of anilines is 1. The largest absolute Gasteiger partial charge is 0.409 e. The Kier molecular flexibility index (Phi) is 16.7. The number of hydrogen-bond donors (Lipinski definition) is 3. The summed E-state index contributed by atoms with van der Waals surface area (Å²) in [6.45, 7) is 6.49. The molecular formula is C22H26Br2ClF3N8O3. The third-order valence-corrected chi connectivity index (χ3v) is 5.55. The Hall–Kier alpha value is -3.20. The van der Waals surface area contributed by atoms with Crippen molar-refractivity contribution < 1.29 is 27.6 Å². The molecule has 0 heterocycles. The van der Waals surface area contributed by atoms with Crippen LogP contribution < -0.4 is 16.0 Å². The molecule has 17 heteroatoms. The highest BCUT2D eigenvalue weighted by atomic mass is 79.9. The zero-order valence-electron chi connectivity index (χ0n) is 21.2. The number of hydrogen-bond acceptors (Lipinski definition) is 8. The number of azide groups is 1. The Morgan fingerprint density at radius 1 is 1.36 bits per heavy atom. The normalized spacial score (nSPS) is 12.6. The molecule has 39 heavy (non-hydrogen) atoms. The van der Waals surface area contributed by atoms with E-state index in [0.717, 1.165) is 14.0 Å². The van der Waals surface area contributed by atoms with Crippen LogP contribution in [0.25, 0.3) is 10.4 Å². The number of aldehydes is 1. The fraction of sp³-hybridized carbons (Fsp3) is 0.318. The maximum atomic E-state index is 12.2. The van der Waals surface area contributed by atoms with Gasteiger partial charge in [0.1, 0.15) is 16.8 Å². The summed E-state index contributed by atoms with van der Waals surface area (Å²) >= 11 is 12.6. The van der Waals surface area contributed by atoms with Crippen LogP contribution in [0.15, 0.2) is 66.2 Å². The summed E-state index contributed by atoms with van der Waals surface area (Å²) in [4.78, 5) is 30.1. The standard InChI is InChI=1S/C12H15ClF3N3O.C10H11Br2N5O2/c1-4-5-10(13)11(17-2)19(18-3)9(8-20)6-7-12(14,15)16;1-5(19-17-16-13)15-10(18)7-3-6(11)4-8(12)9(7)14-2/h4-6,8,17H,3,7H2,1-2H3;3-5,14H,1-2H3,(H,15,18)/b5-4-,9-6-,11-10-;. The van der Waals surface area contributed by atoms with E-state index in [4.69, 9.17) is 17.1 Å². The number of allylic oxidation sites excluding steroid dienone is 5. The first kappa shape index (κ1) is 35.8. The van der Waals surface area contributed by atoms with Crippen molar-refractivity contribution in [3.8, 4) is 0 Å². The molecule has 0 aliphatic rings. The third-order valence-electron chi connectivity index (χ3n) is 4.16. The minimum absolute atomic E-state index is 0.139. The number of rotatable bonds is 12. The molecule has 1 aromatic rings. The van der Waals surface area contributed by atoms with Gasteiger partial charge in [0.25, 0.3) is 5.91 Å². The molecule has 1 aromatic carbocycles. The van der Waals surface area contributed by atoms with Gasteiger partial charge in [-0.1, -0.05) is 33.6 Å². The average Bonchev–Trinajstić information content (AvgIpc) is 2.86. The number of amides is 1. The van der Waals surface area contributed by atoms with E-state index in [0.29, 0.717) is 17.3 Å². The van der Waals surface area contributed by atoms with Gasteiger partial charge in [-0.2, -0.15) is 18.3 Å². The Morgan fingerprint density at radius 2 is 2.00 bits per heavy atom. The molecule has 1 rings (SSSR count). The van der Waals surface area contributed by atoms with Gasteiger partial charge < -0.3 is 20.8 Å². The number of carbonyl (C=O) groups excluding carboxylic acids is 2. The molecule has 1 amide bonds.